The van der Waals surface area contributed by atoms with E-state index in [4.69, 9.17) is 4.74 Å². The highest BCUT2D eigenvalue weighted by molar-refractivity contribution is 5.22. The van der Waals surface area contributed by atoms with Crippen molar-refractivity contribution in [3.05, 3.63) is 35.8 Å². The summed E-state index contributed by atoms with van der Waals surface area (Å²) in [6.07, 6.45) is 1.76. The number of nitrogens with one attached hydrogen (secondary N) is 1. The van der Waals surface area contributed by atoms with Crippen molar-refractivity contribution in [1.29, 1.82) is 0 Å². The second kappa shape index (κ2) is 4.92. The van der Waals surface area contributed by atoms with Crippen LogP contribution >= 0.6 is 0 Å². The number of nitrogens with zero attached hydrogens (tertiary/aromatic N) is 4. The lowest BCUT2D eigenvalue weighted by molar-refractivity contribution is 0.390. The van der Waals surface area contributed by atoms with Gasteiger partial charge in [0.2, 0.25) is 5.88 Å². The van der Waals surface area contributed by atoms with Gasteiger partial charge in [0.15, 0.2) is 0 Å². The van der Waals surface area contributed by atoms with Crippen molar-refractivity contribution in [3.8, 4) is 5.88 Å². The van der Waals surface area contributed by atoms with Crippen molar-refractivity contribution in [1.82, 2.24) is 25.3 Å². The number of hydrogen-bond donors (Lipinski definition) is 1. The fraction of sp³-hybridized carbons (Fsp3) is 0.364. The van der Waals surface area contributed by atoms with E-state index in [0.29, 0.717) is 5.88 Å². The minimum absolute atomic E-state index is 0.0269. The van der Waals surface area contributed by atoms with E-state index in [1.165, 1.54) is 0 Å². The van der Waals surface area contributed by atoms with Crippen LogP contribution in [0, 0.1) is 0 Å². The van der Waals surface area contributed by atoms with E-state index in [1.807, 2.05) is 30.9 Å². The zero-order chi connectivity index (χ0) is 12.3. The van der Waals surface area contributed by atoms with Gasteiger partial charge in [-0.25, -0.2) is 0 Å². The van der Waals surface area contributed by atoms with Gasteiger partial charge >= 0.3 is 0 Å². The number of aryl methyl sites for hydroxylation is 1. The summed E-state index contributed by atoms with van der Waals surface area (Å²) < 4.78 is 6.80. The van der Waals surface area contributed by atoms with Crippen LogP contribution in [0.25, 0.3) is 0 Å². The van der Waals surface area contributed by atoms with Crippen LogP contribution in [0.4, 0.5) is 0 Å². The number of aromatic nitrogens is 4. The summed E-state index contributed by atoms with van der Waals surface area (Å²) >= 11 is 0. The maximum absolute atomic E-state index is 4.99. The maximum Gasteiger partial charge on any atom is 0.233 e. The molecule has 0 aliphatic rings. The standard InChI is InChI=1S/C11H15N5O/c1-12-11(9-6-7-13-16(9)2)8-4-5-10(17-3)15-14-8/h4-7,11-12H,1-3H3. The molecule has 2 heterocycles. The third-order valence-electron chi connectivity index (χ3n) is 2.61. The lowest BCUT2D eigenvalue weighted by atomic mass is 10.1. The Morgan fingerprint density at radius 2 is 2.12 bits per heavy atom. The molecule has 0 saturated heterocycles. The van der Waals surface area contributed by atoms with E-state index in [-0.39, 0.29) is 6.04 Å². The van der Waals surface area contributed by atoms with Gasteiger partial charge in [-0.05, 0) is 19.2 Å². The number of ether oxygens (including phenoxy) is 1. The Labute approximate surface area is 99.6 Å². The van der Waals surface area contributed by atoms with E-state index in [2.05, 4.69) is 20.6 Å². The van der Waals surface area contributed by atoms with Gasteiger partial charge in [0.25, 0.3) is 0 Å². The first kappa shape index (κ1) is 11.5. The second-order valence-corrected chi connectivity index (χ2v) is 3.60. The van der Waals surface area contributed by atoms with Gasteiger partial charge in [0.1, 0.15) is 0 Å². The Hall–Kier alpha value is -1.95. The molecule has 0 radical (unpaired) electrons. The van der Waals surface area contributed by atoms with Crippen molar-refractivity contribution in [2.24, 2.45) is 7.05 Å². The molecule has 1 atom stereocenters. The topological polar surface area (TPSA) is 64.9 Å². The van der Waals surface area contributed by atoms with Crippen LogP contribution in [-0.2, 0) is 7.05 Å². The molecule has 90 valence electrons. The lowest BCUT2D eigenvalue weighted by Gasteiger charge is -2.15. The smallest absolute Gasteiger partial charge is 0.233 e. The molecule has 1 N–H and O–H groups in total. The highest BCUT2D eigenvalue weighted by Gasteiger charge is 2.17. The summed E-state index contributed by atoms with van der Waals surface area (Å²) in [7, 11) is 5.35. The first-order valence-electron chi connectivity index (χ1n) is 5.29. The van der Waals surface area contributed by atoms with Gasteiger partial charge in [0.05, 0.1) is 24.5 Å². The van der Waals surface area contributed by atoms with Crippen molar-refractivity contribution < 1.29 is 4.74 Å². The summed E-state index contributed by atoms with van der Waals surface area (Å²) in [5.74, 6) is 0.508. The average Bonchev–Trinajstić information content (AvgIpc) is 2.78. The molecule has 0 fully saturated rings. The quantitative estimate of drug-likeness (QED) is 0.834. The summed E-state index contributed by atoms with van der Waals surface area (Å²) in [4.78, 5) is 0. The molecule has 1 unspecified atom stereocenters. The Bertz CT molecular complexity index is 479. The van der Waals surface area contributed by atoms with Gasteiger partial charge in [0, 0.05) is 19.3 Å². The third kappa shape index (κ3) is 2.26. The minimum atomic E-state index is -0.0269. The Kier molecular flexibility index (Phi) is 3.34. The van der Waals surface area contributed by atoms with Crippen LogP contribution in [0.5, 0.6) is 5.88 Å². The Morgan fingerprint density at radius 1 is 1.29 bits per heavy atom. The van der Waals surface area contributed by atoms with Gasteiger partial charge in [-0.3, -0.25) is 4.68 Å². The number of methoxy groups -OCH3 is 1. The molecule has 0 saturated carbocycles. The number of rotatable bonds is 4. The van der Waals surface area contributed by atoms with Crippen LogP contribution in [-0.4, -0.2) is 34.1 Å². The summed E-state index contributed by atoms with van der Waals surface area (Å²) in [5.41, 5.74) is 1.86. The summed E-state index contributed by atoms with van der Waals surface area (Å²) in [5, 5.41) is 15.4. The molecule has 0 spiro atoms. The molecule has 2 rings (SSSR count). The van der Waals surface area contributed by atoms with Crippen molar-refractivity contribution >= 4 is 0 Å². The Balaban J connectivity index is 2.32. The molecule has 0 aliphatic carbocycles. The van der Waals surface area contributed by atoms with E-state index < -0.39 is 0 Å². The monoisotopic (exact) mass is 233 g/mol. The highest BCUT2D eigenvalue weighted by Crippen LogP contribution is 2.19. The molecule has 0 bridgehead atoms. The van der Waals surface area contributed by atoms with Gasteiger partial charge in [-0.2, -0.15) is 5.10 Å². The van der Waals surface area contributed by atoms with E-state index in [9.17, 15) is 0 Å². The molecule has 17 heavy (non-hydrogen) atoms. The van der Waals surface area contributed by atoms with Gasteiger partial charge in [-0.15, -0.1) is 10.2 Å². The molecule has 6 nitrogen and oxygen atoms in total. The van der Waals surface area contributed by atoms with Crippen LogP contribution < -0.4 is 10.1 Å². The van der Waals surface area contributed by atoms with Gasteiger partial charge < -0.3 is 10.1 Å². The molecule has 0 aromatic carbocycles. The van der Waals surface area contributed by atoms with E-state index in [1.54, 1.807) is 19.4 Å². The summed E-state index contributed by atoms with van der Waals surface area (Å²) in [6, 6.07) is 5.61. The predicted octanol–water partition coefficient (Wildman–Crippen LogP) is 0.527. The zero-order valence-electron chi connectivity index (χ0n) is 10.1. The molecule has 0 amide bonds. The number of hydrogen-bond acceptors (Lipinski definition) is 5. The summed E-state index contributed by atoms with van der Waals surface area (Å²) in [6.45, 7) is 0. The lowest BCUT2D eigenvalue weighted by Crippen LogP contribution is -2.22. The van der Waals surface area contributed by atoms with Crippen LogP contribution in [0.3, 0.4) is 0 Å². The fourth-order valence-corrected chi connectivity index (χ4v) is 1.71. The predicted molar refractivity (Wildman–Crippen MR) is 62.7 cm³/mol. The zero-order valence-corrected chi connectivity index (χ0v) is 10.1. The minimum Gasteiger partial charge on any atom is -0.480 e. The molecule has 2 aromatic heterocycles. The molecule has 2 aromatic rings. The normalized spacial score (nSPS) is 12.4. The van der Waals surface area contributed by atoms with Crippen molar-refractivity contribution in [2.75, 3.05) is 14.2 Å². The van der Waals surface area contributed by atoms with Crippen LogP contribution in [0.1, 0.15) is 17.4 Å². The van der Waals surface area contributed by atoms with E-state index in [0.717, 1.165) is 11.4 Å². The molecular formula is C11H15N5O. The third-order valence-corrected chi connectivity index (χ3v) is 2.61. The second-order valence-electron chi connectivity index (χ2n) is 3.60. The highest BCUT2D eigenvalue weighted by atomic mass is 16.5. The maximum atomic E-state index is 4.99. The SMILES string of the molecule is CNC(c1ccc(OC)nn1)c1ccnn1C. The fourth-order valence-electron chi connectivity index (χ4n) is 1.71. The first-order valence-corrected chi connectivity index (χ1v) is 5.29. The largest absolute Gasteiger partial charge is 0.480 e. The molecule has 0 aliphatic heterocycles. The van der Waals surface area contributed by atoms with Crippen molar-refractivity contribution in [2.45, 2.75) is 6.04 Å². The molecular weight excluding hydrogens is 218 g/mol. The van der Waals surface area contributed by atoms with Crippen LogP contribution in [0.15, 0.2) is 24.4 Å². The van der Waals surface area contributed by atoms with Crippen LogP contribution in [0.2, 0.25) is 0 Å². The Morgan fingerprint density at radius 3 is 2.59 bits per heavy atom. The van der Waals surface area contributed by atoms with Crippen molar-refractivity contribution in [3.63, 3.8) is 0 Å². The van der Waals surface area contributed by atoms with Gasteiger partial charge in [-0.1, -0.05) is 0 Å². The first-order chi connectivity index (χ1) is 8.26. The average molecular weight is 233 g/mol. The van der Waals surface area contributed by atoms with E-state index >= 15 is 0 Å². The molecule has 6 heteroatoms.